The number of aryl methyl sites for hydroxylation is 1. The molecular weight excluding hydrogens is 402 g/mol. The van der Waals surface area contributed by atoms with E-state index in [2.05, 4.69) is 5.32 Å². The standard InChI is InChI=1S/C26H23N3O3/c30-23(28(21-12-5-2-6-13-21)17-19-9-3-1-4-10-19)18-29-24(31)26(27-25(29)32)16-15-20-11-7-8-14-22(20)26/h1-14H,15-18H2,(H,27,32)/t26-/m1/s1. The van der Waals surface area contributed by atoms with Gasteiger partial charge in [0.15, 0.2) is 0 Å². The zero-order valence-corrected chi connectivity index (χ0v) is 17.5. The molecule has 6 nitrogen and oxygen atoms in total. The van der Waals surface area contributed by atoms with Gasteiger partial charge in [0, 0.05) is 5.69 Å². The highest BCUT2D eigenvalue weighted by atomic mass is 16.2. The first-order chi connectivity index (χ1) is 15.6. The van der Waals surface area contributed by atoms with Gasteiger partial charge in [-0.05, 0) is 41.7 Å². The van der Waals surface area contributed by atoms with Crippen LogP contribution in [-0.2, 0) is 28.1 Å². The Hall–Kier alpha value is -3.93. The van der Waals surface area contributed by atoms with E-state index in [1.54, 1.807) is 4.90 Å². The summed E-state index contributed by atoms with van der Waals surface area (Å²) in [5.74, 6) is -0.666. The van der Waals surface area contributed by atoms with Crippen LogP contribution in [0.4, 0.5) is 10.5 Å². The summed E-state index contributed by atoms with van der Waals surface area (Å²) >= 11 is 0. The van der Waals surface area contributed by atoms with Gasteiger partial charge in [0.05, 0.1) is 6.54 Å². The molecule has 1 fully saturated rings. The molecule has 0 radical (unpaired) electrons. The Bertz CT molecular complexity index is 1180. The van der Waals surface area contributed by atoms with E-state index in [0.29, 0.717) is 25.1 Å². The fraction of sp³-hybridized carbons (Fsp3) is 0.192. The van der Waals surface area contributed by atoms with Crippen molar-refractivity contribution in [1.29, 1.82) is 0 Å². The number of anilines is 1. The predicted octanol–water partition coefficient (Wildman–Crippen LogP) is 3.61. The highest BCUT2D eigenvalue weighted by molar-refractivity contribution is 6.11. The van der Waals surface area contributed by atoms with E-state index in [0.717, 1.165) is 21.6 Å². The van der Waals surface area contributed by atoms with E-state index in [9.17, 15) is 14.4 Å². The number of benzene rings is 3. The lowest BCUT2D eigenvalue weighted by Crippen LogP contribution is -2.45. The van der Waals surface area contributed by atoms with Gasteiger partial charge in [-0.15, -0.1) is 0 Å². The molecule has 0 saturated carbocycles. The fourth-order valence-corrected chi connectivity index (χ4v) is 4.65. The molecule has 0 aromatic heterocycles. The van der Waals surface area contributed by atoms with Crippen molar-refractivity contribution in [3.05, 3.63) is 102 Å². The minimum absolute atomic E-state index is 0.309. The summed E-state index contributed by atoms with van der Waals surface area (Å²) in [5, 5.41) is 2.89. The summed E-state index contributed by atoms with van der Waals surface area (Å²) in [6, 6.07) is 26.1. The maximum Gasteiger partial charge on any atom is 0.325 e. The largest absolute Gasteiger partial charge is 0.325 e. The van der Waals surface area contributed by atoms with Crippen LogP contribution >= 0.6 is 0 Å². The third-order valence-electron chi connectivity index (χ3n) is 6.27. The third kappa shape index (κ3) is 3.34. The van der Waals surface area contributed by atoms with Gasteiger partial charge in [-0.25, -0.2) is 4.79 Å². The number of rotatable bonds is 5. The highest BCUT2D eigenvalue weighted by Gasteiger charge is 2.55. The van der Waals surface area contributed by atoms with Crippen LogP contribution in [0.2, 0.25) is 0 Å². The monoisotopic (exact) mass is 425 g/mol. The molecule has 1 aliphatic heterocycles. The molecule has 3 aromatic rings. The molecule has 1 aliphatic carbocycles. The zero-order chi connectivity index (χ0) is 22.1. The molecule has 6 heteroatoms. The molecule has 1 atom stereocenters. The van der Waals surface area contributed by atoms with Gasteiger partial charge in [0.25, 0.3) is 5.91 Å². The van der Waals surface area contributed by atoms with E-state index in [4.69, 9.17) is 0 Å². The topological polar surface area (TPSA) is 69.7 Å². The summed E-state index contributed by atoms with van der Waals surface area (Å²) in [5.41, 5.74) is 2.50. The molecule has 1 spiro atoms. The van der Waals surface area contributed by atoms with Crippen LogP contribution in [-0.4, -0.2) is 29.3 Å². The molecule has 3 aromatic carbocycles. The van der Waals surface area contributed by atoms with Gasteiger partial charge in [-0.1, -0.05) is 72.8 Å². The molecule has 1 heterocycles. The highest BCUT2D eigenvalue weighted by Crippen LogP contribution is 2.41. The van der Waals surface area contributed by atoms with Crippen molar-refractivity contribution in [2.24, 2.45) is 0 Å². The summed E-state index contributed by atoms with van der Waals surface area (Å²) in [6.45, 7) is 0.0393. The molecule has 5 rings (SSSR count). The Morgan fingerprint density at radius 1 is 0.906 bits per heavy atom. The van der Waals surface area contributed by atoms with Gasteiger partial charge >= 0.3 is 6.03 Å². The maximum absolute atomic E-state index is 13.4. The molecule has 32 heavy (non-hydrogen) atoms. The summed E-state index contributed by atoms with van der Waals surface area (Å²) in [4.78, 5) is 42.3. The summed E-state index contributed by atoms with van der Waals surface area (Å²) < 4.78 is 0. The van der Waals surface area contributed by atoms with Crippen LogP contribution in [0.25, 0.3) is 0 Å². The summed E-state index contributed by atoms with van der Waals surface area (Å²) in [6.07, 6.45) is 1.22. The Balaban J connectivity index is 1.41. The molecule has 1 saturated heterocycles. The Morgan fingerprint density at radius 2 is 1.56 bits per heavy atom. The molecule has 160 valence electrons. The van der Waals surface area contributed by atoms with Crippen LogP contribution in [0.5, 0.6) is 0 Å². The number of carbonyl (C=O) groups is 3. The van der Waals surface area contributed by atoms with Crippen molar-refractivity contribution in [2.45, 2.75) is 24.9 Å². The fourth-order valence-electron chi connectivity index (χ4n) is 4.65. The first-order valence-electron chi connectivity index (χ1n) is 10.7. The molecular formula is C26H23N3O3. The predicted molar refractivity (Wildman–Crippen MR) is 121 cm³/mol. The Kier molecular flexibility index (Phi) is 4.98. The molecule has 0 bridgehead atoms. The van der Waals surface area contributed by atoms with Crippen LogP contribution in [0, 0.1) is 0 Å². The number of amides is 4. The average molecular weight is 425 g/mol. The lowest BCUT2D eigenvalue weighted by Gasteiger charge is -2.26. The SMILES string of the molecule is O=C1N[C@@]2(CCc3ccccc32)C(=O)N1CC(=O)N(Cc1ccccc1)c1ccccc1. The first-order valence-corrected chi connectivity index (χ1v) is 10.7. The Morgan fingerprint density at radius 3 is 2.31 bits per heavy atom. The van der Waals surface area contributed by atoms with Crippen molar-refractivity contribution in [2.75, 3.05) is 11.4 Å². The number of urea groups is 1. The van der Waals surface area contributed by atoms with E-state index in [-0.39, 0.29) is 18.4 Å². The second kappa shape index (κ2) is 7.96. The van der Waals surface area contributed by atoms with Crippen LogP contribution in [0.15, 0.2) is 84.9 Å². The summed E-state index contributed by atoms with van der Waals surface area (Å²) in [7, 11) is 0. The maximum atomic E-state index is 13.4. The second-order valence-corrected chi connectivity index (χ2v) is 8.18. The third-order valence-corrected chi connectivity index (χ3v) is 6.27. The van der Waals surface area contributed by atoms with E-state index >= 15 is 0 Å². The number of para-hydroxylation sites is 1. The van der Waals surface area contributed by atoms with E-state index in [1.807, 2.05) is 84.9 Å². The van der Waals surface area contributed by atoms with Gasteiger partial charge < -0.3 is 10.2 Å². The zero-order valence-electron chi connectivity index (χ0n) is 17.5. The Labute approximate surface area is 186 Å². The molecule has 0 unspecified atom stereocenters. The normalized spacial score (nSPS) is 19.2. The number of nitrogens with zero attached hydrogens (tertiary/aromatic N) is 2. The van der Waals surface area contributed by atoms with Crippen LogP contribution in [0.3, 0.4) is 0 Å². The average Bonchev–Trinajstić information content (AvgIpc) is 3.31. The number of nitrogens with one attached hydrogen (secondary N) is 1. The van der Waals surface area contributed by atoms with Gasteiger partial charge in [-0.3, -0.25) is 14.5 Å². The minimum atomic E-state index is -1.06. The number of carbonyl (C=O) groups excluding carboxylic acids is 3. The van der Waals surface area contributed by atoms with Crippen LogP contribution in [0.1, 0.15) is 23.1 Å². The van der Waals surface area contributed by atoms with Gasteiger partial charge in [0.1, 0.15) is 12.1 Å². The van der Waals surface area contributed by atoms with Crippen molar-refractivity contribution >= 4 is 23.5 Å². The lowest BCUT2D eigenvalue weighted by atomic mass is 9.92. The van der Waals surface area contributed by atoms with E-state index < -0.39 is 11.6 Å². The first kappa shape index (κ1) is 20.0. The van der Waals surface area contributed by atoms with Crippen molar-refractivity contribution in [3.8, 4) is 0 Å². The smallest absolute Gasteiger partial charge is 0.319 e. The molecule has 4 amide bonds. The van der Waals surface area contributed by atoms with E-state index in [1.165, 1.54) is 0 Å². The number of hydrogen-bond acceptors (Lipinski definition) is 3. The van der Waals surface area contributed by atoms with Crippen molar-refractivity contribution in [1.82, 2.24) is 10.2 Å². The number of imide groups is 1. The van der Waals surface area contributed by atoms with Crippen LogP contribution < -0.4 is 10.2 Å². The van der Waals surface area contributed by atoms with Gasteiger partial charge in [-0.2, -0.15) is 0 Å². The minimum Gasteiger partial charge on any atom is -0.319 e. The quantitative estimate of drug-likeness (QED) is 0.635. The molecule has 1 N–H and O–H groups in total. The van der Waals surface area contributed by atoms with Gasteiger partial charge in [0.2, 0.25) is 5.91 Å². The van der Waals surface area contributed by atoms with Crippen molar-refractivity contribution in [3.63, 3.8) is 0 Å². The lowest BCUT2D eigenvalue weighted by molar-refractivity contribution is -0.134. The number of fused-ring (bicyclic) bond motifs is 2. The number of hydrogen-bond donors (Lipinski definition) is 1. The molecule has 2 aliphatic rings. The second-order valence-electron chi connectivity index (χ2n) is 8.18. The van der Waals surface area contributed by atoms with Crippen molar-refractivity contribution < 1.29 is 14.4 Å².